The Bertz CT molecular complexity index is 569. The van der Waals surface area contributed by atoms with Gasteiger partial charge >= 0.3 is 0 Å². The number of nitrogens with one attached hydrogen (secondary N) is 1. The second-order valence-corrected chi connectivity index (χ2v) is 4.23. The molecule has 17 heavy (non-hydrogen) atoms. The smallest absolute Gasteiger partial charge is 0.161 e. The molecule has 1 aliphatic rings. The van der Waals surface area contributed by atoms with Crippen molar-refractivity contribution in [2.45, 2.75) is 13.1 Å². The quantitative estimate of drug-likeness (QED) is 0.790. The van der Waals surface area contributed by atoms with E-state index in [1.54, 1.807) is 12.1 Å². The van der Waals surface area contributed by atoms with E-state index in [1.165, 1.54) is 12.1 Å². The van der Waals surface area contributed by atoms with E-state index in [9.17, 15) is 4.39 Å². The van der Waals surface area contributed by atoms with Gasteiger partial charge in [0.15, 0.2) is 5.82 Å². The molecule has 0 spiro atoms. The van der Waals surface area contributed by atoms with Crippen molar-refractivity contribution in [3.05, 3.63) is 46.5 Å². The SMILES string of the molecule is Fc1ccc(-c2nc(Cl)c3c(n2)CNC3)cc1. The first-order valence-corrected chi connectivity index (χ1v) is 5.64. The molecule has 0 radical (unpaired) electrons. The molecule has 1 aromatic carbocycles. The second kappa shape index (κ2) is 4.05. The zero-order valence-corrected chi connectivity index (χ0v) is 9.63. The van der Waals surface area contributed by atoms with Crippen LogP contribution in [0.1, 0.15) is 11.3 Å². The Hall–Kier alpha value is -1.52. The molecular weight excluding hydrogens is 241 g/mol. The van der Waals surface area contributed by atoms with Gasteiger partial charge in [-0.25, -0.2) is 14.4 Å². The lowest BCUT2D eigenvalue weighted by Crippen LogP contribution is -2.00. The van der Waals surface area contributed by atoms with Gasteiger partial charge < -0.3 is 5.32 Å². The van der Waals surface area contributed by atoms with E-state index in [-0.39, 0.29) is 5.82 Å². The van der Waals surface area contributed by atoms with Crippen molar-refractivity contribution in [1.29, 1.82) is 0 Å². The third kappa shape index (κ3) is 1.90. The zero-order chi connectivity index (χ0) is 11.8. The van der Waals surface area contributed by atoms with Gasteiger partial charge in [-0.3, -0.25) is 0 Å². The van der Waals surface area contributed by atoms with Crippen LogP contribution in [-0.4, -0.2) is 9.97 Å². The third-order valence-electron chi connectivity index (χ3n) is 2.74. The van der Waals surface area contributed by atoms with Crippen LogP contribution in [0.5, 0.6) is 0 Å². The Morgan fingerprint density at radius 1 is 1.12 bits per heavy atom. The third-order valence-corrected chi connectivity index (χ3v) is 3.05. The Balaban J connectivity index is 2.10. The van der Waals surface area contributed by atoms with E-state index >= 15 is 0 Å². The van der Waals surface area contributed by atoms with Crippen LogP contribution in [-0.2, 0) is 13.1 Å². The van der Waals surface area contributed by atoms with Crippen molar-refractivity contribution in [3.8, 4) is 11.4 Å². The van der Waals surface area contributed by atoms with Gasteiger partial charge in [0.2, 0.25) is 0 Å². The van der Waals surface area contributed by atoms with Crippen molar-refractivity contribution in [2.24, 2.45) is 0 Å². The molecule has 3 rings (SSSR count). The van der Waals surface area contributed by atoms with E-state index in [1.807, 2.05) is 0 Å². The summed E-state index contributed by atoms with van der Waals surface area (Å²) in [6.45, 7) is 1.41. The normalized spacial score (nSPS) is 13.8. The highest BCUT2D eigenvalue weighted by Crippen LogP contribution is 2.25. The predicted octanol–water partition coefficient (Wildman–Crippen LogP) is 2.54. The average molecular weight is 250 g/mol. The summed E-state index contributed by atoms with van der Waals surface area (Å²) < 4.78 is 12.8. The number of fused-ring (bicyclic) bond motifs is 1. The monoisotopic (exact) mass is 249 g/mol. The average Bonchev–Trinajstić information content (AvgIpc) is 2.78. The van der Waals surface area contributed by atoms with Gasteiger partial charge in [-0.1, -0.05) is 11.6 Å². The zero-order valence-electron chi connectivity index (χ0n) is 8.87. The van der Waals surface area contributed by atoms with E-state index in [4.69, 9.17) is 11.6 Å². The van der Waals surface area contributed by atoms with Crippen LogP contribution < -0.4 is 5.32 Å². The highest BCUT2D eigenvalue weighted by atomic mass is 35.5. The maximum absolute atomic E-state index is 12.8. The van der Waals surface area contributed by atoms with Gasteiger partial charge in [0.05, 0.1) is 5.69 Å². The fourth-order valence-corrected chi connectivity index (χ4v) is 2.11. The van der Waals surface area contributed by atoms with Gasteiger partial charge in [-0.2, -0.15) is 0 Å². The van der Waals surface area contributed by atoms with Crippen LogP contribution in [0.15, 0.2) is 24.3 Å². The number of rotatable bonds is 1. The Morgan fingerprint density at radius 3 is 2.65 bits per heavy atom. The molecule has 0 atom stereocenters. The number of benzene rings is 1. The van der Waals surface area contributed by atoms with Crippen molar-refractivity contribution in [3.63, 3.8) is 0 Å². The number of aromatic nitrogens is 2. The molecule has 2 aromatic rings. The standard InChI is InChI=1S/C12H9ClFN3/c13-11-9-5-15-6-10(9)16-12(17-11)7-1-3-8(14)4-2-7/h1-4,15H,5-6H2. The molecule has 0 fully saturated rings. The molecule has 1 aromatic heterocycles. The van der Waals surface area contributed by atoms with Gasteiger partial charge in [0, 0.05) is 24.2 Å². The van der Waals surface area contributed by atoms with E-state index in [0.29, 0.717) is 24.1 Å². The van der Waals surface area contributed by atoms with Gasteiger partial charge in [-0.05, 0) is 24.3 Å². The molecule has 0 unspecified atom stereocenters. The predicted molar refractivity (Wildman–Crippen MR) is 63.0 cm³/mol. The van der Waals surface area contributed by atoms with Crippen molar-refractivity contribution in [1.82, 2.24) is 15.3 Å². The minimum atomic E-state index is -0.275. The fourth-order valence-electron chi connectivity index (χ4n) is 1.85. The molecule has 0 amide bonds. The molecule has 0 bridgehead atoms. The van der Waals surface area contributed by atoms with Crippen molar-refractivity contribution >= 4 is 11.6 Å². The molecular formula is C12H9ClFN3. The maximum Gasteiger partial charge on any atom is 0.161 e. The Morgan fingerprint density at radius 2 is 1.88 bits per heavy atom. The Kier molecular flexibility index (Phi) is 2.53. The summed E-state index contributed by atoms with van der Waals surface area (Å²) in [4.78, 5) is 8.67. The highest BCUT2D eigenvalue weighted by molar-refractivity contribution is 6.30. The summed E-state index contributed by atoms with van der Waals surface area (Å²) >= 11 is 6.09. The van der Waals surface area contributed by atoms with E-state index in [2.05, 4.69) is 15.3 Å². The summed E-state index contributed by atoms with van der Waals surface area (Å²) in [6.07, 6.45) is 0. The lowest BCUT2D eigenvalue weighted by molar-refractivity contribution is 0.628. The molecule has 0 saturated heterocycles. The molecule has 5 heteroatoms. The van der Waals surface area contributed by atoms with E-state index < -0.39 is 0 Å². The minimum Gasteiger partial charge on any atom is -0.307 e. The molecule has 1 aliphatic heterocycles. The lowest BCUT2D eigenvalue weighted by Gasteiger charge is -2.04. The second-order valence-electron chi connectivity index (χ2n) is 3.87. The molecule has 2 heterocycles. The lowest BCUT2D eigenvalue weighted by atomic mass is 10.2. The van der Waals surface area contributed by atoms with Crippen LogP contribution in [0.3, 0.4) is 0 Å². The molecule has 86 valence electrons. The minimum absolute atomic E-state index is 0.275. The largest absolute Gasteiger partial charge is 0.307 e. The van der Waals surface area contributed by atoms with Crippen LogP contribution in [0.25, 0.3) is 11.4 Å². The fraction of sp³-hybridized carbons (Fsp3) is 0.167. The first kappa shape index (κ1) is 10.6. The molecule has 3 nitrogen and oxygen atoms in total. The van der Waals surface area contributed by atoms with Gasteiger partial charge in [-0.15, -0.1) is 0 Å². The van der Waals surface area contributed by atoms with Gasteiger partial charge in [0.1, 0.15) is 11.0 Å². The number of halogens is 2. The molecule has 0 aliphatic carbocycles. The first-order chi connectivity index (χ1) is 8.24. The topological polar surface area (TPSA) is 37.8 Å². The Labute approximate surface area is 103 Å². The van der Waals surface area contributed by atoms with Crippen LogP contribution in [0.4, 0.5) is 4.39 Å². The van der Waals surface area contributed by atoms with Crippen LogP contribution >= 0.6 is 11.6 Å². The maximum atomic E-state index is 12.8. The van der Waals surface area contributed by atoms with Crippen molar-refractivity contribution < 1.29 is 4.39 Å². The summed E-state index contributed by atoms with van der Waals surface area (Å²) in [5.41, 5.74) is 2.64. The number of hydrogen-bond donors (Lipinski definition) is 1. The number of nitrogens with zero attached hydrogens (tertiary/aromatic N) is 2. The number of hydrogen-bond acceptors (Lipinski definition) is 3. The van der Waals surface area contributed by atoms with Crippen LogP contribution in [0, 0.1) is 5.82 Å². The molecule has 0 saturated carbocycles. The van der Waals surface area contributed by atoms with Gasteiger partial charge in [0.25, 0.3) is 0 Å². The first-order valence-electron chi connectivity index (χ1n) is 5.26. The summed E-state index contributed by atoms with van der Waals surface area (Å²) in [5, 5.41) is 3.64. The van der Waals surface area contributed by atoms with Crippen LogP contribution in [0.2, 0.25) is 5.15 Å². The summed E-state index contributed by atoms with van der Waals surface area (Å²) in [7, 11) is 0. The summed E-state index contributed by atoms with van der Waals surface area (Å²) in [6, 6.07) is 6.07. The highest BCUT2D eigenvalue weighted by Gasteiger charge is 2.18. The summed E-state index contributed by atoms with van der Waals surface area (Å²) in [5.74, 6) is 0.264. The van der Waals surface area contributed by atoms with Crippen molar-refractivity contribution in [2.75, 3.05) is 0 Å². The van der Waals surface area contributed by atoms with E-state index in [0.717, 1.165) is 16.8 Å². The molecule has 1 N–H and O–H groups in total.